The second-order valence-corrected chi connectivity index (χ2v) is 7.16. The van der Waals surface area contributed by atoms with Crippen LogP contribution in [0.2, 0.25) is 0 Å². The minimum Gasteiger partial charge on any atom is -0.497 e. The molecule has 5 nitrogen and oxygen atoms in total. The second-order valence-electron chi connectivity index (χ2n) is 6.21. The Morgan fingerprint density at radius 3 is 2.46 bits per heavy atom. The maximum atomic E-state index is 12.7. The highest BCUT2D eigenvalue weighted by Gasteiger charge is 2.19. The van der Waals surface area contributed by atoms with E-state index in [2.05, 4.69) is 5.32 Å². The topological polar surface area (TPSA) is 58.6 Å². The van der Waals surface area contributed by atoms with Crippen molar-refractivity contribution in [3.63, 3.8) is 0 Å². The van der Waals surface area contributed by atoms with Crippen LogP contribution in [0.1, 0.15) is 25.6 Å². The lowest BCUT2D eigenvalue weighted by atomic mass is 10.1. The van der Waals surface area contributed by atoms with Crippen LogP contribution in [0.4, 0.5) is 5.69 Å². The van der Waals surface area contributed by atoms with Gasteiger partial charge in [0.05, 0.1) is 23.2 Å². The van der Waals surface area contributed by atoms with Crippen molar-refractivity contribution < 1.29 is 14.3 Å². The van der Waals surface area contributed by atoms with Crippen molar-refractivity contribution in [2.45, 2.75) is 6.42 Å². The van der Waals surface area contributed by atoms with Crippen LogP contribution in [0, 0.1) is 0 Å². The van der Waals surface area contributed by atoms with Crippen molar-refractivity contribution in [3.05, 3.63) is 82.0 Å². The monoisotopic (exact) mass is 394 g/mol. The molecule has 0 aliphatic heterocycles. The summed E-state index contributed by atoms with van der Waals surface area (Å²) in [5, 5.41) is 4.80. The number of nitrogens with zero attached hydrogens (tertiary/aromatic N) is 1. The van der Waals surface area contributed by atoms with Gasteiger partial charge < -0.3 is 15.0 Å². The Balaban J connectivity index is 1.65. The molecular weight excluding hydrogens is 372 g/mol. The minimum absolute atomic E-state index is 0.131. The van der Waals surface area contributed by atoms with Gasteiger partial charge in [-0.3, -0.25) is 9.59 Å². The van der Waals surface area contributed by atoms with Crippen LogP contribution in [0.25, 0.3) is 0 Å². The van der Waals surface area contributed by atoms with Gasteiger partial charge in [0.15, 0.2) is 0 Å². The van der Waals surface area contributed by atoms with Gasteiger partial charge in [-0.1, -0.05) is 30.3 Å². The van der Waals surface area contributed by atoms with E-state index in [1.807, 2.05) is 41.8 Å². The quantitative estimate of drug-likeness (QED) is 0.659. The van der Waals surface area contributed by atoms with Crippen molar-refractivity contribution in [2.75, 3.05) is 25.6 Å². The number of carbonyl (C=O) groups excluding carboxylic acids is 2. The molecule has 6 heteroatoms. The van der Waals surface area contributed by atoms with E-state index in [0.717, 1.165) is 11.3 Å². The number of para-hydroxylation sites is 1. The van der Waals surface area contributed by atoms with E-state index in [9.17, 15) is 9.59 Å². The molecule has 28 heavy (non-hydrogen) atoms. The number of carbonyl (C=O) groups is 2. The third-order valence-corrected chi connectivity index (χ3v) is 5.26. The molecule has 2 aromatic carbocycles. The summed E-state index contributed by atoms with van der Waals surface area (Å²) in [7, 11) is 3.32. The van der Waals surface area contributed by atoms with Gasteiger partial charge in [0.1, 0.15) is 5.75 Å². The largest absolute Gasteiger partial charge is 0.497 e. The molecule has 0 saturated carbocycles. The predicted octanol–water partition coefficient (Wildman–Crippen LogP) is 4.01. The zero-order valence-electron chi connectivity index (χ0n) is 15.8. The van der Waals surface area contributed by atoms with E-state index < -0.39 is 0 Å². The first-order valence-corrected chi connectivity index (χ1v) is 9.80. The minimum atomic E-state index is -0.199. The Morgan fingerprint density at radius 1 is 1.04 bits per heavy atom. The molecule has 2 amide bonds. The van der Waals surface area contributed by atoms with Gasteiger partial charge in [-0.2, -0.15) is 0 Å². The highest BCUT2D eigenvalue weighted by molar-refractivity contribution is 7.12. The molecule has 0 aliphatic rings. The molecule has 0 spiro atoms. The molecule has 0 radical (unpaired) electrons. The van der Waals surface area contributed by atoms with Crippen molar-refractivity contribution in [1.82, 2.24) is 5.32 Å². The highest BCUT2D eigenvalue weighted by atomic mass is 32.1. The Bertz CT molecular complexity index is 937. The highest BCUT2D eigenvalue weighted by Crippen LogP contribution is 2.22. The lowest BCUT2D eigenvalue weighted by Crippen LogP contribution is -2.31. The van der Waals surface area contributed by atoms with Crippen molar-refractivity contribution >= 4 is 28.8 Å². The number of hydrogen-bond donors (Lipinski definition) is 1. The Kier molecular flexibility index (Phi) is 6.45. The summed E-state index contributed by atoms with van der Waals surface area (Å²) < 4.78 is 5.15. The lowest BCUT2D eigenvalue weighted by Gasteiger charge is -2.20. The lowest BCUT2D eigenvalue weighted by molar-refractivity contribution is 0.0954. The van der Waals surface area contributed by atoms with Gasteiger partial charge in [-0.15, -0.1) is 11.3 Å². The second kappa shape index (κ2) is 9.19. The molecule has 1 N–H and O–H groups in total. The Hall–Kier alpha value is -3.12. The average molecular weight is 394 g/mol. The van der Waals surface area contributed by atoms with E-state index >= 15 is 0 Å². The molecule has 144 valence electrons. The first-order valence-electron chi connectivity index (χ1n) is 8.92. The number of nitrogens with one attached hydrogen (secondary N) is 1. The van der Waals surface area contributed by atoms with Gasteiger partial charge in [-0.05, 0) is 47.7 Å². The summed E-state index contributed by atoms with van der Waals surface area (Å²) in [6.45, 7) is 0.502. The number of hydrogen-bond acceptors (Lipinski definition) is 4. The van der Waals surface area contributed by atoms with Crippen LogP contribution < -0.4 is 15.0 Å². The van der Waals surface area contributed by atoms with Crippen LogP contribution in [0.3, 0.4) is 0 Å². The van der Waals surface area contributed by atoms with Crippen LogP contribution in [-0.4, -0.2) is 32.5 Å². The Morgan fingerprint density at radius 2 is 1.79 bits per heavy atom. The molecule has 3 rings (SSSR count). The normalized spacial score (nSPS) is 10.4. The molecule has 1 aromatic heterocycles. The SMILES string of the molecule is COc1ccc(CCNC(=O)c2ccccc2N(C)C(=O)c2cccs2)cc1. The predicted molar refractivity (Wildman–Crippen MR) is 113 cm³/mol. The number of ether oxygens (including phenoxy) is 1. The van der Waals surface area contributed by atoms with Crippen LogP contribution in [0.5, 0.6) is 5.75 Å². The van der Waals surface area contributed by atoms with Gasteiger partial charge in [-0.25, -0.2) is 0 Å². The summed E-state index contributed by atoms with van der Waals surface area (Å²) in [6.07, 6.45) is 0.710. The molecule has 0 bridgehead atoms. The van der Waals surface area contributed by atoms with E-state index in [4.69, 9.17) is 4.74 Å². The molecule has 0 aliphatic carbocycles. The number of anilines is 1. The summed E-state index contributed by atoms with van der Waals surface area (Å²) >= 11 is 1.38. The average Bonchev–Trinajstić information content (AvgIpc) is 3.28. The van der Waals surface area contributed by atoms with E-state index in [1.54, 1.807) is 38.4 Å². The number of benzene rings is 2. The summed E-state index contributed by atoms with van der Waals surface area (Å²) in [5.74, 6) is 0.476. The van der Waals surface area contributed by atoms with Gasteiger partial charge in [0.2, 0.25) is 0 Å². The summed E-state index contributed by atoms with van der Waals surface area (Å²) in [6, 6.07) is 18.5. The summed E-state index contributed by atoms with van der Waals surface area (Å²) in [4.78, 5) is 27.5. The fourth-order valence-electron chi connectivity index (χ4n) is 2.84. The number of methoxy groups -OCH3 is 1. The number of thiophene rings is 1. The fourth-order valence-corrected chi connectivity index (χ4v) is 3.54. The maximum Gasteiger partial charge on any atom is 0.268 e. The smallest absolute Gasteiger partial charge is 0.268 e. The molecule has 0 atom stereocenters. The standard InChI is InChI=1S/C22H22N2O3S/c1-24(22(26)20-8-5-15-28-20)19-7-4-3-6-18(19)21(25)23-14-13-16-9-11-17(27-2)12-10-16/h3-12,15H,13-14H2,1-2H3,(H,23,25). The number of amides is 2. The van der Waals surface area contributed by atoms with Gasteiger partial charge in [0.25, 0.3) is 11.8 Å². The molecule has 0 fully saturated rings. The van der Waals surface area contributed by atoms with E-state index in [0.29, 0.717) is 29.1 Å². The molecular formula is C22H22N2O3S. The van der Waals surface area contributed by atoms with E-state index in [-0.39, 0.29) is 11.8 Å². The van der Waals surface area contributed by atoms with Crippen molar-refractivity contribution in [3.8, 4) is 5.75 Å². The van der Waals surface area contributed by atoms with E-state index in [1.165, 1.54) is 16.2 Å². The van der Waals surface area contributed by atoms with Crippen molar-refractivity contribution in [1.29, 1.82) is 0 Å². The van der Waals surface area contributed by atoms with Crippen LogP contribution in [0.15, 0.2) is 66.0 Å². The number of rotatable bonds is 7. The van der Waals surface area contributed by atoms with Gasteiger partial charge in [0, 0.05) is 13.6 Å². The first-order chi connectivity index (χ1) is 13.6. The van der Waals surface area contributed by atoms with Crippen LogP contribution >= 0.6 is 11.3 Å². The first kappa shape index (κ1) is 19.6. The Labute approximate surface area is 168 Å². The molecule has 0 unspecified atom stereocenters. The third kappa shape index (κ3) is 4.58. The maximum absolute atomic E-state index is 12.7. The fraction of sp³-hybridized carbons (Fsp3) is 0.182. The summed E-state index contributed by atoms with van der Waals surface area (Å²) in [5.41, 5.74) is 2.17. The van der Waals surface area contributed by atoms with Crippen molar-refractivity contribution in [2.24, 2.45) is 0 Å². The van der Waals surface area contributed by atoms with Gasteiger partial charge >= 0.3 is 0 Å². The molecule has 1 heterocycles. The zero-order chi connectivity index (χ0) is 19.9. The molecule has 0 saturated heterocycles. The van der Waals surface area contributed by atoms with Crippen LogP contribution in [-0.2, 0) is 6.42 Å². The zero-order valence-corrected chi connectivity index (χ0v) is 16.7. The third-order valence-electron chi connectivity index (χ3n) is 4.40. The molecule has 3 aromatic rings.